The van der Waals surface area contributed by atoms with Crippen molar-refractivity contribution in [2.45, 2.75) is 6.54 Å². The zero-order valence-electron chi connectivity index (χ0n) is 12.6. The summed E-state index contributed by atoms with van der Waals surface area (Å²) in [6.07, 6.45) is 0. The average Bonchev–Trinajstić information content (AvgIpc) is 2.52. The first-order valence-corrected chi connectivity index (χ1v) is 8.15. The Labute approximate surface area is 148 Å². The summed E-state index contributed by atoms with van der Waals surface area (Å²) in [5.41, 5.74) is 1.43. The van der Waals surface area contributed by atoms with Gasteiger partial charge in [0.05, 0.1) is 12.1 Å². The second-order valence-corrected chi connectivity index (χ2v) is 6.33. The quantitative estimate of drug-likeness (QED) is 0.842. The van der Waals surface area contributed by atoms with E-state index in [1.807, 2.05) is 24.3 Å². The van der Waals surface area contributed by atoms with Crippen molar-refractivity contribution in [2.24, 2.45) is 0 Å². The van der Waals surface area contributed by atoms with E-state index in [1.54, 1.807) is 36.2 Å². The molecule has 0 aliphatic rings. The Morgan fingerprint density at radius 3 is 2.61 bits per heavy atom. The van der Waals surface area contributed by atoms with Crippen molar-refractivity contribution in [3.8, 4) is 0 Å². The van der Waals surface area contributed by atoms with Crippen molar-refractivity contribution in [3.05, 3.63) is 69.2 Å². The van der Waals surface area contributed by atoms with Crippen LogP contribution in [0.4, 0.5) is 0 Å². The maximum Gasteiger partial charge on any atom is 0.252 e. The standard InChI is InChI=1S/C17H16BrClN2O2/c1-21(11-12-5-4-6-13(19)9-12)16(22)10-20-17(23)14-7-2-3-8-15(14)18/h2-9H,10-11H2,1H3,(H,20,23). The van der Waals surface area contributed by atoms with Gasteiger partial charge < -0.3 is 10.2 Å². The van der Waals surface area contributed by atoms with Crippen LogP contribution in [0, 0.1) is 0 Å². The molecule has 0 fully saturated rings. The van der Waals surface area contributed by atoms with Gasteiger partial charge in [-0.25, -0.2) is 0 Å². The third kappa shape index (κ3) is 5.08. The van der Waals surface area contributed by atoms with Gasteiger partial charge in [0.1, 0.15) is 0 Å². The van der Waals surface area contributed by atoms with E-state index in [9.17, 15) is 9.59 Å². The number of hydrogen-bond donors (Lipinski definition) is 1. The van der Waals surface area contributed by atoms with Gasteiger partial charge in [-0.05, 0) is 45.8 Å². The van der Waals surface area contributed by atoms with Gasteiger partial charge in [0, 0.05) is 23.1 Å². The predicted octanol–water partition coefficient (Wildman–Crippen LogP) is 3.49. The zero-order valence-corrected chi connectivity index (χ0v) is 14.9. The monoisotopic (exact) mass is 394 g/mol. The molecule has 0 aliphatic carbocycles. The number of likely N-dealkylation sites (N-methyl/N-ethyl adjacent to an activating group) is 1. The van der Waals surface area contributed by atoms with Gasteiger partial charge in [0.15, 0.2) is 0 Å². The van der Waals surface area contributed by atoms with Crippen LogP contribution in [0.15, 0.2) is 53.0 Å². The summed E-state index contributed by atoms with van der Waals surface area (Å²) in [5.74, 6) is -0.465. The maximum absolute atomic E-state index is 12.1. The van der Waals surface area contributed by atoms with Gasteiger partial charge in [0.2, 0.25) is 5.91 Å². The van der Waals surface area contributed by atoms with Crippen molar-refractivity contribution < 1.29 is 9.59 Å². The first-order chi connectivity index (χ1) is 11.0. The molecule has 120 valence electrons. The van der Waals surface area contributed by atoms with Crippen LogP contribution < -0.4 is 5.32 Å². The van der Waals surface area contributed by atoms with Crippen molar-refractivity contribution in [1.29, 1.82) is 0 Å². The zero-order chi connectivity index (χ0) is 16.8. The second kappa shape index (κ2) is 8.13. The Bertz CT molecular complexity index is 721. The Morgan fingerprint density at radius 2 is 1.91 bits per heavy atom. The number of benzene rings is 2. The highest BCUT2D eigenvalue weighted by atomic mass is 79.9. The lowest BCUT2D eigenvalue weighted by Gasteiger charge is -2.18. The molecule has 0 aliphatic heterocycles. The van der Waals surface area contributed by atoms with Gasteiger partial charge in [-0.1, -0.05) is 35.9 Å². The number of hydrogen-bond acceptors (Lipinski definition) is 2. The maximum atomic E-state index is 12.1. The Hall–Kier alpha value is -1.85. The summed E-state index contributed by atoms with van der Waals surface area (Å²) in [5, 5.41) is 3.26. The molecule has 0 atom stereocenters. The van der Waals surface area contributed by atoms with E-state index in [0.29, 0.717) is 21.6 Å². The van der Waals surface area contributed by atoms with Gasteiger partial charge in [-0.2, -0.15) is 0 Å². The molecule has 2 rings (SSSR count). The van der Waals surface area contributed by atoms with Crippen molar-refractivity contribution in [1.82, 2.24) is 10.2 Å². The van der Waals surface area contributed by atoms with E-state index >= 15 is 0 Å². The van der Waals surface area contributed by atoms with E-state index in [0.717, 1.165) is 5.56 Å². The number of carbonyl (C=O) groups excluding carboxylic acids is 2. The number of amides is 2. The van der Waals surface area contributed by atoms with Crippen molar-refractivity contribution in [2.75, 3.05) is 13.6 Å². The number of rotatable bonds is 5. The molecular formula is C17H16BrClN2O2. The lowest BCUT2D eigenvalue weighted by molar-refractivity contribution is -0.129. The van der Waals surface area contributed by atoms with Crippen LogP contribution in [-0.2, 0) is 11.3 Å². The molecule has 0 aromatic heterocycles. The Kier molecular flexibility index (Phi) is 6.19. The lowest BCUT2D eigenvalue weighted by atomic mass is 10.2. The lowest BCUT2D eigenvalue weighted by Crippen LogP contribution is -2.37. The van der Waals surface area contributed by atoms with Crippen LogP contribution in [0.3, 0.4) is 0 Å². The normalized spacial score (nSPS) is 10.2. The van der Waals surface area contributed by atoms with E-state index in [-0.39, 0.29) is 18.4 Å². The van der Waals surface area contributed by atoms with Crippen molar-refractivity contribution in [3.63, 3.8) is 0 Å². The minimum absolute atomic E-state index is 0.0583. The number of halogens is 2. The second-order valence-electron chi connectivity index (χ2n) is 5.04. The first kappa shape index (κ1) is 17.5. The molecule has 6 heteroatoms. The number of nitrogens with one attached hydrogen (secondary N) is 1. The molecule has 2 aromatic rings. The molecule has 2 aromatic carbocycles. The SMILES string of the molecule is CN(Cc1cccc(Cl)c1)C(=O)CNC(=O)c1ccccc1Br. The minimum Gasteiger partial charge on any atom is -0.343 e. The van der Waals surface area contributed by atoms with Gasteiger partial charge in [-0.3, -0.25) is 9.59 Å². The molecule has 0 saturated heterocycles. The molecule has 2 amide bonds. The van der Waals surface area contributed by atoms with Crippen LogP contribution in [0.25, 0.3) is 0 Å². The number of nitrogens with zero attached hydrogens (tertiary/aromatic N) is 1. The van der Waals surface area contributed by atoms with E-state index < -0.39 is 0 Å². The highest BCUT2D eigenvalue weighted by molar-refractivity contribution is 9.10. The van der Waals surface area contributed by atoms with Gasteiger partial charge in [0.25, 0.3) is 5.91 Å². The summed E-state index contributed by atoms with van der Waals surface area (Å²) in [4.78, 5) is 25.7. The molecule has 0 saturated carbocycles. The van der Waals surface area contributed by atoms with Crippen LogP contribution in [-0.4, -0.2) is 30.3 Å². The minimum atomic E-state index is -0.290. The molecule has 4 nitrogen and oxygen atoms in total. The third-order valence-corrected chi connectivity index (χ3v) is 4.18. The van der Waals surface area contributed by atoms with E-state index in [1.165, 1.54) is 0 Å². The molecule has 0 spiro atoms. The van der Waals surface area contributed by atoms with E-state index in [2.05, 4.69) is 21.2 Å². The molecule has 1 N–H and O–H groups in total. The van der Waals surface area contributed by atoms with Crippen LogP contribution in [0.1, 0.15) is 15.9 Å². The largest absolute Gasteiger partial charge is 0.343 e. The molecule has 0 radical (unpaired) electrons. The number of carbonyl (C=O) groups is 2. The summed E-state index contributed by atoms with van der Waals surface area (Å²) in [6.45, 7) is 0.377. The Morgan fingerprint density at radius 1 is 1.17 bits per heavy atom. The first-order valence-electron chi connectivity index (χ1n) is 6.98. The van der Waals surface area contributed by atoms with Gasteiger partial charge in [-0.15, -0.1) is 0 Å². The van der Waals surface area contributed by atoms with Crippen LogP contribution in [0.2, 0.25) is 5.02 Å². The fourth-order valence-corrected chi connectivity index (χ4v) is 2.71. The predicted molar refractivity (Wildman–Crippen MR) is 94.4 cm³/mol. The fourth-order valence-electron chi connectivity index (χ4n) is 2.03. The molecule has 23 heavy (non-hydrogen) atoms. The van der Waals surface area contributed by atoms with Crippen LogP contribution >= 0.6 is 27.5 Å². The smallest absolute Gasteiger partial charge is 0.252 e. The summed E-state index contributed by atoms with van der Waals surface area (Å²) in [7, 11) is 1.69. The summed E-state index contributed by atoms with van der Waals surface area (Å²) in [6, 6.07) is 14.4. The molecule has 0 unspecified atom stereocenters. The van der Waals surface area contributed by atoms with Gasteiger partial charge >= 0.3 is 0 Å². The molecule has 0 bridgehead atoms. The summed E-state index contributed by atoms with van der Waals surface area (Å²) < 4.78 is 0.692. The summed E-state index contributed by atoms with van der Waals surface area (Å²) >= 11 is 9.24. The van der Waals surface area contributed by atoms with Crippen LogP contribution in [0.5, 0.6) is 0 Å². The highest BCUT2D eigenvalue weighted by Gasteiger charge is 2.13. The molecule has 0 heterocycles. The van der Waals surface area contributed by atoms with E-state index in [4.69, 9.17) is 11.6 Å². The topological polar surface area (TPSA) is 49.4 Å². The molecular weight excluding hydrogens is 380 g/mol. The third-order valence-electron chi connectivity index (χ3n) is 3.25. The Balaban J connectivity index is 1.89. The average molecular weight is 396 g/mol. The highest BCUT2D eigenvalue weighted by Crippen LogP contribution is 2.15. The van der Waals surface area contributed by atoms with Crippen molar-refractivity contribution >= 4 is 39.3 Å². The fraction of sp³-hybridized carbons (Fsp3) is 0.176.